The third-order valence-electron chi connectivity index (χ3n) is 5.73. The number of carbonyl (C=O) groups excluding carboxylic acids is 2. The highest BCUT2D eigenvalue weighted by atomic mass is 16.5. The van der Waals surface area contributed by atoms with Crippen LogP contribution in [0, 0.1) is 0 Å². The van der Waals surface area contributed by atoms with Crippen LogP contribution in [-0.2, 0) is 4.79 Å². The molecule has 0 aliphatic carbocycles. The molecule has 1 fully saturated rings. The van der Waals surface area contributed by atoms with Gasteiger partial charge in [-0.2, -0.15) is 0 Å². The molecule has 6 heteroatoms. The van der Waals surface area contributed by atoms with Gasteiger partial charge in [0.05, 0.1) is 12.1 Å². The molecular formula is C21H31N3O3. The minimum absolute atomic E-state index is 0.0147. The number of ether oxygens (including phenoxy) is 1. The van der Waals surface area contributed by atoms with Gasteiger partial charge in [0.15, 0.2) is 0 Å². The number of rotatable bonds is 0. The maximum Gasteiger partial charge on any atom is 0.257 e. The molecule has 2 amide bonds. The number of nitrogens with one attached hydrogen (secondary N) is 1. The van der Waals surface area contributed by atoms with Gasteiger partial charge < -0.3 is 19.9 Å². The van der Waals surface area contributed by atoms with E-state index in [-0.39, 0.29) is 17.4 Å². The number of para-hydroxylation sites is 1. The number of hydrogen-bond donors (Lipinski definition) is 1. The summed E-state index contributed by atoms with van der Waals surface area (Å²) in [5, 5.41) is 3.66. The van der Waals surface area contributed by atoms with Crippen molar-refractivity contribution in [2.24, 2.45) is 0 Å². The quantitative estimate of drug-likeness (QED) is 0.758. The first-order valence-electron chi connectivity index (χ1n) is 9.99. The Hall–Kier alpha value is -2.08. The third-order valence-corrected chi connectivity index (χ3v) is 5.73. The average Bonchev–Trinajstić information content (AvgIpc) is 3.11. The van der Waals surface area contributed by atoms with Crippen LogP contribution < -0.4 is 10.1 Å². The number of likely N-dealkylation sites (N-methyl/N-ethyl adjacent to an activating group) is 1. The van der Waals surface area contributed by atoms with Crippen LogP contribution in [0.4, 0.5) is 0 Å². The second-order valence-corrected chi connectivity index (χ2v) is 7.78. The van der Waals surface area contributed by atoms with Crippen LogP contribution in [0.15, 0.2) is 24.3 Å². The Balaban J connectivity index is 1.85. The fourth-order valence-corrected chi connectivity index (χ4v) is 4.26. The summed E-state index contributed by atoms with van der Waals surface area (Å²) in [5.41, 5.74) is 0.561. The monoisotopic (exact) mass is 373 g/mol. The molecule has 1 atom stereocenters. The topological polar surface area (TPSA) is 61.9 Å². The number of carbonyl (C=O) groups is 2. The van der Waals surface area contributed by atoms with Gasteiger partial charge in [-0.3, -0.25) is 9.59 Å². The van der Waals surface area contributed by atoms with Crippen LogP contribution in [0.3, 0.4) is 0 Å². The normalized spacial score (nSPS) is 25.0. The molecule has 27 heavy (non-hydrogen) atoms. The largest absolute Gasteiger partial charge is 0.491 e. The minimum atomic E-state index is -0.0224. The van der Waals surface area contributed by atoms with Gasteiger partial charge >= 0.3 is 0 Å². The van der Waals surface area contributed by atoms with E-state index in [1.54, 1.807) is 6.92 Å². The lowest BCUT2D eigenvalue weighted by Crippen LogP contribution is -2.50. The lowest BCUT2D eigenvalue weighted by molar-refractivity contribution is -0.129. The fraction of sp³-hybridized carbons (Fsp3) is 0.619. The smallest absolute Gasteiger partial charge is 0.257 e. The lowest BCUT2D eigenvalue weighted by Gasteiger charge is -2.35. The molecule has 0 bridgehead atoms. The van der Waals surface area contributed by atoms with Crippen molar-refractivity contribution in [1.29, 1.82) is 0 Å². The van der Waals surface area contributed by atoms with Crippen molar-refractivity contribution in [2.75, 3.05) is 39.8 Å². The van der Waals surface area contributed by atoms with Crippen LogP contribution in [0.5, 0.6) is 5.75 Å². The van der Waals surface area contributed by atoms with Crippen LogP contribution in [0.25, 0.3) is 0 Å². The average molecular weight is 373 g/mol. The van der Waals surface area contributed by atoms with E-state index in [4.69, 9.17) is 4.74 Å². The summed E-state index contributed by atoms with van der Waals surface area (Å²) in [6.07, 6.45) is 5.25. The Kier molecular flexibility index (Phi) is 6.37. The predicted molar refractivity (Wildman–Crippen MR) is 105 cm³/mol. The maximum atomic E-state index is 13.1. The van der Waals surface area contributed by atoms with Crippen molar-refractivity contribution in [3.05, 3.63) is 29.8 Å². The van der Waals surface area contributed by atoms with E-state index < -0.39 is 0 Å². The molecule has 0 unspecified atom stereocenters. The minimum Gasteiger partial charge on any atom is -0.491 e. The standard InChI is InChI=1S/C21H31N3O3/c1-17(25)24-13-6-5-10-21(11-7-12-22-21)16-23(2)20(26)18-8-3-4-9-19(18)27-15-14-24/h3-4,8-9,22H,5-7,10-16H2,1-2H3/t21-/m1/s1. The Bertz CT molecular complexity index is 670. The van der Waals surface area contributed by atoms with Gasteiger partial charge in [-0.05, 0) is 50.8 Å². The molecule has 148 valence electrons. The van der Waals surface area contributed by atoms with Crippen molar-refractivity contribution in [3.8, 4) is 5.75 Å². The first kappa shape index (κ1) is 19.7. The van der Waals surface area contributed by atoms with Crippen molar-refractivity contribution in [1.82, 2.24) is 15.1 Å². The van der Waals surface area contributed by atoms with E-state index in [0.29, 0.717) is 31.0 Å². The summed E-state index contributed by atoms with van der Waals surface area (Å²) < 4.78 is 5.89. The summed E-state index contributed by atoms with van der Waals surface area (Å²) in [7, 11) is 1.88. The SMILES string of the molecule is CC(=O)N1CCCC[C@@]2(CCCN2)CN(C)C(=O)c2ccccc2OCC1. The van der Waals surface area contributed by atoms with Crippen molar-refractivity contribution in [3.63, 3.8) is 0 Å². The Morgan fingerprint density at radius 1 is 1.15 bits per heavy atom. The molecule has 1 aromatic rings. The van der Waals surface area contributed by atoms with Gasteiger partial charge in [-0.25, -0.2) is 0 Å². The number of benzene rings is 1. The third kappa shape index (κ3) is 4.80. The van der Waals surface area contributed by atoms with Gasteiger partial charge in [0, 0.05) is 32.6 Å². The molecule has 0 radical (unpaired) electrons. The number of amides is 2. The molecule has 0 saturated carbocycles. The molecule has 1 N–H and O–H groups in total. The molecule has 2 heterocycles. The zero-order valence-electron chi connectivity index (χ0n) is 16.5. The van der Waals surface area contributed by atoms with Gasteiger partial charge in [0.1, 0.15) is 12.4 Å². The van der Waals surface area contributed by atoms with Crippen molar-refractivity contribution >= 4 is 11.8 Å². The summed E-state index contributed by atoms with van der Waals surface area (Å²) >= 11 is 0. The Morgan fingerprint density at radius 2 is 1.93 bits per heavy atom. The summed E-state index contributed by atoms with van der Waals surface area (Å²) in [4.78, 5) is 28.7. The molecule has 1 spiro atoms. The molecule has 0 aromatic heterocycles. The second-order valence-electron chi connectivity index (χ2n) is 7.78. The molecular weight excluding hydrogens is 342 g/mol. The van der Waals surface area contributed by atoms with E-state index >= 15 is 0 Å². The predicted octanol–water partition coefficient (Wildman–Crippen LogP) is 2.29. The Labute approximate surface area is 161 Å². The first-order valence-corrected chi connectivity index (χ1v) is 9.99. The molecule has 1 saturated heterocycles. The first-order chi connectivity index (χ1) is 13.0. The number of nitrogens with zero attached hydrogens (tertiary/aromatic N) is 2. The van der Waals surface area contributed by atoms with E-state index in [9.17, 15) is 9.59 Å². The highest BCUT2D eigenvalue weighted by Crippen LogP contribution is 2.28. The van der Waals surface area contributed by atoms with E-state index in [2.05, 4.69) is 5.32 Å². The van der Waals surface area contributed by atoms with Crippen molar-refractivity contribution in [2.45, 2.75) is 44.6 Å². The van der Waals surface area contributed by atoms with E-state index in [0.717, 1.165) is 45.2 Å². The fourth-order valence-electron chi connectivity index (χ4n) is 4.26. The molecule has 3 rings (SSSR count). The maximum absolute atomic E-state index is 13.1. The molecule has 2 aliphatic rings. The molecule has 6 nitrogen and oxygen atoms in total. The highest BCUT2D eigenvalue weighted by Gasteiger charge is 2.35. The summed E-state index contributed by atoms with van der Waals surface area (Å²) in [5.74, 6) is 0.644. The van der Waals surface area contributed by atoms with E-state index in [1.807, 2.05) is 41.1 Å². The number of hydrogen-bond acceptors (Lipinski definition) is 4. The zero-order chi connectivity index (χ0) is 19.3. The van der Waals surface area contributed by atoms with Gasteiger partial charge in [0.25, 0.3) is 5.91 Å². The molecule has 1 aromatic carbocycles. The number of fused-ring (bicyclic) bond motifs is 1. The van der Waals surface area contributed by atoms with Gasteiger partial charge in [-0.1, -0.05) is 12.1 Å². The van der Waals surface area contributed by atoms with Crippen LogP contribution in [0.1, 0.15) is 49.4 Å². The Morgan fingerprint density at radius 3 is 2.67 bits per heavy atom. The van der Waals surface area contributed by atoms with Crippen LogP contribution in [-0.4, -0.2) is 67.0 Å². The zero-order valence-corrected chi connectivity index (χ0v) is 16.5. The summed E-state index contributed by atoms with van der Waals surface area (Å²) in [6, 6.07) is 7.38. The van der Waals surface area contributed by atoms with Crippen molar-refractivity contribution < 1.29 is 14.3 Å². The van der Waals surface area contributed by atoms with Gasteiger partial charge in [0.2, 0.25) is 5.91 Å². The van der Waals surface area contributed by atoms with Gasteiger partial charge in [-0.15, -0.1) is 0 Å². The lowest BCUT2D eigenvalue weighted by atomic mass is 9.90. The van der Waals surface area contributed by atoms with E-state index in [1.165, 1.54) is 0 Å². The highest BCUT2D eigenvalue weighted by molar-refractivity contribution is 5.96. The molecule has 2 aliphatic heterocycles. The summed E-state index contributed by atoms with van der Waals surface area (Å²) in [6.45, 7) is 4.98. The van der Waals surface area contributed by atoms with Crippen LogP contribution in [0.2, 0.25) is 0 Å². The van der Waals surface area contributed by atoms with Crippen LogP contribution >= 0.6 is 0 Å². The second kappa shape index (κ2) is 8.74.